The lowest BCUT2D eigenvalue weighted by atomic mass is 10.00. The first-order valence-corrected chi connectivity index (χ1v) is 9.53. The number of benzene rings is 1. The van der Waals surface area contributed by atoms with Crippen LogP contribution in [0.5, 0.6) is 0 Å². The van der Waals surface area contributed by atoms with Gasteiger partial charge in [-0.3, -0.25) is 4.79 Å². The van der Waals surface area contributed by atoms with Crippen molar-refractivity contribution in [2.45, 2.75) is 36.6 Å². The van der Waals surface area contributed by atoms with Crippen molar-refractivity contribution in [1.29, 1.82) is 0 Å². The number of carbonyl (C=O) groups is 1. The van der Waals surface area contributed by atoms with Crippen molar-refractivity contribution in [2.24, 2.45) is 5.92 Å². The number of hydrogen-bond donors (Lipinski definition) is 1. The summed E-state index contributed by atoms with van der Waals surface area (Å²) in [6, 6.07) is 8.35. The number of carbonyl (C=O) groups excluding carboxylic acids is 1. The lowest BCUT2D eigenvalue weighted by Gasteiger charge is -2.19. The van der Waals surface area contributed by atoms with Gasteiger partial charge in [0, 0.05) is 21.7 Å². The number of aryl methyl sites for hydroxylation is 1. The second-order valence-electron chi connectivity index (χ2n) is 6.05. The zero-order valence-electron chi connectivity index (χ0n) is 12.4. The predicted octanol–water partition coefficient (Wildman–Crippen LogP) is 3.91. The van der Waals surface area contributed by atoms with Crippen molar-refractivity contribution in [3.8, 4) is 0 Å². The van der Waals surface area contributed by atoms with Gasteiger partial charge in [0.15, 0.2) is 0 Å². The molecule has 3 nitrogen and oxygen atoms in total. The molecule has 1 aromatic carbocycles. The number of thiazole rings is 1. The maximum absolute atomic E-state index is 12.8. The average molecular weight is 330 g/mol. The van der Waals surface area contributed by atoms with Crippen molar-refractivity contribution in [1.82, 2.24) is 10.3 Å². The lowest BCUT2D eigenvalue weighted by molar-refractivity contribution is -0.123. The molecule has 5 heteroatoms. The molecular formula is C17H18N2OS2. The molecule has 1 aromatic heterocycles. The molecule has 2 aromatic rings. The van der Waals surface area contributed by atoms with Gasteiger partial charge in [0.2, 0.25) is 5.91 Å². The van der Waals surface area contributed by atoms with Gasteiger partial charge in [-0.25, -0.2) is 4.98 Å². The van der Waals surface area contributed by atoms with Crippen LogP contribution in [0.2, 0.25) is 0 Å². The highest BCUT2D eigenvalue weighted by atomic mass is 32.2. The van der Waals surface area contributed by atoms with Gasteiger partial charge < -0.3 is 5.32 Å². The van der Waals surface area contributed by atoms with E-state index >= 15 is 0 Å². The predicted molar refractivity (Wildman–Crippen MR) is 90.4 cm³/mol. The molecule has 1 aliphatic heterocycles. The molecule has 1 aliphatic carbocycles. The van der Waals surface area contributed by atoms with Crippen LogP contribution in [0.4, 0.5) is 0 Å². The first kappa shape index (κ1) is 14.3. The highest BCUT2D eigenvalue weighted by Gasteiger charge is 2.37. The molecule has 0 saturated heterocycles. The van der Waals surface area contributed by atoms with Crippen molar-refractivity contribution >= 4 is 29.0 Å². The highest BCUT2D eigenvalue weighted by molar-refractivity contribution is 7.99. The molecule has 2 aliphatic rings. The van der Waals surface area contributed by atoms with Gasteiger partial charge in [0.05, 0.1) is 12.0 Å². The number of amides is 1. The number of nitrogens with one attached hydrogen (secondary N) is 1. The minimum atomic E-state index is -0.0245. The summed E-state index contributed by atoms with van der Waals surface area (Å²) >= 11 is 3.45. The molecule has 1 fully saturated rings. The quantitative estimate of drug-likeness (QED) is 0.924. The summed E-state index contributed by atoms with van der Waals surface area (Å²) in [5.74, 6) is 1.55. The molecule has 1 N–H and O–H groups in total. The Hall–Kier alpha value is -1.33. The number of nitrogens with zero attached hydrogens (tertiary/aromatic N) is 1. The van der Waals surface area contributed by atoms with E-state index in [1.165, 1.54) is 23.3 Å². The third-order valence-electron chi connectivity index (χ3n) is 4.31. The Morgan fingerprint density at radius 2 is 2.18 bits per heavy atom. The van der Waals surface area contributed by atoms with Gasteiger partial charge >= 0.3 is 0 Å². The van der Waals surface area contributed by atoms with Crippen molar-refractivity contribution < 1.29 is 4.79 Å². The number of aromatic nitrogens is 1. The zero-order chi connectivity index (χ0) is 15.1. The molecular weight excluding hydrogens is 312 g/mol. The van der Waals surface area contributed by atoms with E-state index in [9.17, 15) is 4.79 Å². The van der Waals surface area contributed by atoms with Crippen LogP contribution in [0.1, 0.15) is 41.1 Å². The van der Waals surface area contributed by atoms with E-state index < -0.39 is 0 Å². The smallest absolute Gasteiger partial charge is 0.229 e. The molecule has 22 heavy (non-hydrogen) atoms. The number of rotatable bonds is 4. The highest BCUT2D eigenvalue weighted by Crippen LogP contribution is 2.44. The van der Waals surface area contributed by atoms with E-state index in [1.54, 1.807) is 23.1 Å². The second kappa shape index (κ2) is 5.70. The first-order valence-electron chi connectivity index (χ1n) is 7.66. The summed E-state index contributed by atoms with van der Waals surface area (Å²) in [7, 11) is 0. The molecule has 1 saturated carbocycles. The fourth-order valence-corrected chi connectivity index (χ4v) is 5.13. The van der Waals surface area contributed by atoms with Crippen LogP contribution >= 0.6 is 23.1 Å². The molecule has 2 heterocycles. The van der Waals surface area contributed by atoms with E-state index in [0.29, 0.717) is 5.92 Å². The van der Waals surface area contributed by atoms with E-state index in [-0.39, 0.29) is 17.9 Å². The summed E-state index contributed by atoms with van der Waals surface area (Å²) in [4.78, 5) is 18.6. The molecule has 0 bridgehead atoms. The lowest BCUT2D eigenvalue weighted by Crippen LogP contribution is -2.34. The fourth-order valence-electron chi connectivity index (χ4n) is 2.96. The molecule has 0 spiro atoms. The Bertz CT molecular complexity index is 708. The topological polar surface area (TPSA) is 42.0 Å². The largest absolute Gasteiger partial charge is 0.346 e. The van der Waals surface area contributed by atoms with Gasteiger partial charge in [0.25, 0.3) is 0 Å². The minimum absolute atomic E-state index is 0.0245. The van der Waals surface area contributed by atoms with Crippen LogP contribution in [-0.2, 0) is 4.79 Å². The standard InChI is InChI=1S/C17H18N2OS2/c1-10-8-22-17(18-10)15(11-6-7-11)19-16(20)13-9-21-14-5-3-2-4-12(13)14/h2-5,8,11,13,15H,6-7,9H2,1H3,(H,19,20)/t13-,15+/m0/s1. The van der Waals surface area contributed by atoms with Crippen molar-refractivity contribution in [3.05, 3.63) is 45.9 Å². The zero-order valence-corrected chi connectivity index (χ0v) is 14.0. The third-order valence-corrected chi connectivity index (χ3v) is 6.54. The maximum atomic E-state index is 12.8. The van der Waals surface area contributed by atoms with E-state index in [2.05, 4.69) is 27.8 Å². The number of fused-ring (bicyclic) bond motifs is 1. The van der Waals surface area contributed by atoms with Gasteiger partial charge in [-0.1, -0.05) is 18.2 Å². The number of thioether (sulfide) groups is 1. The fraction of sp³-hybridized carbons (Fsp3) is 0.412. The first-order chi connectivity index (χ1) is 10.7. The van der Waals surface area contributed by atoms with Crippen LogP contribution in [0, 0.1) is 12.8 Å². The number of hydrogen-bond acceptors (Lipinski definition) is 4. The van der Waals surface area contributed by atoms with E-state index in [1.807, 2.05) is 19.1 Å². The van der Waals surface area contributed by atoms with Crippen LogP contribution in [0.25, 0.3) is 0 Å². The van der Waals surface area contributed by atoms with E-state index in [0.717, 1.165) is 16.5 Å². The second-order valence-corrected chi connectivity index (χ2v) is 8.00. The Labute approximate surface area is 138 Å². The van der Waals surface area contributed by atoms with Crippen molar-refractivity contribution in [2.75, 3.05) is 5.75 Å². The Balaban J connectivity index is 1.53. The summed E-state index contributed by atoms with van der Waals surface area (Å²) in [5, 5.41) is 6.42. The van der Waals surface area contributed by atoms with Crippen LogP contribution in [-0.4, -0.2) is 16.6 Å². The normalized spacial score (nSPS) is 21.4. The summed E-state index contributed by atoms with van der Waals surface area (Å²) in [6.45, 7) is 2.01. The van der Waals surface area contributed by atoms with Gasteiger partial charge in [-0.2, -0.15) is 0 Å². The van der Waals surface area contributed by atoms with Gasteiger partial charge in [-0.05, 0) is 37.3 Å². The Morgan fingerprint density at radius 3 is 2.91 bits per heavy atom. The third kappa shape index (κ3) is 2.68. The Kier molecular flexibility index (Phi) is 3.70. The SMILES string of the molecule is Cc1csc([C@H](NC(=O)[C@H]2CSc3ccccc32)C2CC2)n1. The molecule has 2 atom stereocenters. The monoisotopic (exact) mass is 330 g/mol. The average Bonchev–Trinajstić information content (AvgIpc) is 3.12. The maximum Gasteiger partial charge on any atom is 0.229 e. The van der Waals surface area contributed by atoms with Gasteiger partial charge in [-0.15, -0.1) is 23.1 Å². The molecule has 4 rings (SSSR count). The molecule has 1 amide bonds. The van der Waals surface area contributed by atoms with Crippen LogP contribution in [0.3, 0.4) is 0 Å². The van der Waals surface area contributed by atoms with Crippen molar-refractivity contribution in [3.63, 3.8) is 0 Å². The Morgan fingerprint density at radius 1 is 1.36 bits per heavy atom. The summed E-state index contributed by atoms with van der Waals surface area (Å²) < 4.78 is 0. The molecule has 0 radical (unpaired) electrons. The van der Waals surface area contributed by atoms with Crippen LogP contribution in [0.15, 0.2) is 34.5 Å². The summed E-state index contributed by atoms with van der Waals surface area (Å²) in [5.41, 5.74) is 2.22. The molecule has 0 unspecified atom stereocenters. The van der Waals surface area contributed by atoms with E-state index in [4.69, 9.17) is 0 Å². The summed E-state index contributed by atoms with van der Waals surface area (Å²) in [6.07, 6.45) is 2.39. The van der Waals surface area contributed by atoms with Gasteiger partial charge in [0.1, 0.15) is 5.01 Å². The minimum Gasteiger partial charge on any atom is -0.346 e. The molecule has 114 valence electrons. The van der Waals surface area contributed by atoms with Crippen LogP contribution < -0.4 is 5.32 Å².